The Hall–Kier alpha value is -0.990. The van der Waals surface area contributed by atoms with Crippen LogP contribution in [0.25, 0.3) is 0 Å². The Kier molecular flexibility index (Phi) is 2.72. The van der Waals surface area contributed by atoms with Gasteiger partial charge in [-0.15, -0.1) is 0 Å². The maximum atomic E-state index is 12.9. The van der Waals surface area contributed by atoms with Gasteiger partial charge in [-0.2, -0.15) is 13.2 Å². The van der Waals surface area contributed by atoms with E-state index in [9.17, 15) is 13.2 Å². The first-order valence-electron chi connectivity index (χ1n) is 5.58. The van der Waals surface area contributed by atoms with Gasteiger partial charge in [0.25, 0.3) is 0 Å². The van der Waals surface area contributed by atoms with Crippen molar-refractivity contribution in [2.45, 2.75) is 39.3 Å². The molecule has 1 aromatic carbocycles. The predicted octanol–water partition coefficient (Wildman–Crippen LogP) is 4.14. The molecule has 0 aliphatic heterocycles. The largest absolute Gasteiger partial charge is 0.416 e. The molecule has 0 amide bonds. The second kappa shape index (κ2) is 3.79. The fourth-order valence-corrected chi connectivity index (χ4v) is 2.55. The summed E-state index contributed by atoms with van der Waals surface area (Å²) in [4.78, 5) is 0. The van der Waals surface area contributed by atoms with Crippen LogP contribution in [-0.4, -0.2) is 0 Å². The molecule has 1 aromatic rings. The second-order valence-electron chi connectivity index (χ2n) is 4.74. The molecule has 0 radical (unpaired) electrons. The fourth-order valence-electron chi connectivity index (χ4n) is 2.55. The van der Waals surface area contributed by atoms with Crippen molar-refractivity contribution in [1.82, 2.24) is 0 Å². The number of rotatable bonds is 0. The Morgan fingerprint density at radius 2 is 1.94 bits per heavy atom. The Morgan fingerprint density at radius 1 is 1.25 bits per heavy atom. The first kappa shape index (κ1) is 11.5. The second-order valence-corrected chi connectivity index (χ2v) is 4.74. The Balaban J connectivity index is 2.56. The molecule has 0 bridgehead atoms. The molecule has 1 unspecified atom stereocenters. The number of aryl methyl sites for hydroxylation is 1. The van der Waals surface area contributed by atoms with Gasteiger partial charge in [0.2, 0.25) is 0 Å². The molecule has 3 heteroatoms. The quantitative estimate of drug-likeness (QED) is 0.626. The highest BCUT2D eigenvalue weighted by Gasteiger charge is 2.36. The van der Waals surface area contributed by atoms with Crippen LogP contribution in [0.15, 0.2) is 12.1 Å². The van der Waals surface area contributed by atoms with Gasteiger partial charge in [0.15, 0.2) is 0 Å². The highest BCUT2D eigenvalue weighted by atomic mass is 19.4. The summed E-state index contributed by atoms with van der Waals surface area (Å²) in [6.07, 6.45) is -2.01. The molecule has 88 valence electrons. The molecule has 0 N–H and O–H groups in total. The van der Waals surface area contributed by atoms with Gasteiger partial charge in [-0.1, -0.05) is 19.1 Å². The van der Waals surface area contributed by atoms with Crippen LogP contribution < -0.4 is 0 Å². The van der Waals surface area contributed by atoms with E-state index in [1.54, 1.807) is 13.0 Å². The van der Waals surface area contributed by atoms with Crippen molar-refractivity contribution in [2.75, 3.05) is 0 Å². The molecule has 16 heavy (non-hydrogen) atoms. The molecule has 1 aliphatic rings. The molecule has 0 saturated heterocycles. The maximum Gasteiger partial charge on any atom is 0.416 e. The lowest BCUT2D eigenvalue weighted by Crippen LogP contribution is -2.19. The van der Waals surface area contributed by atoms with Gasteiger partial charge < -0.3 is 0 Å². The van der Waals surface area contributed by atoms with Gasteiger partial charge >= 0.3 is 6.18 Å². The molecule has 1 aliphatic carbocycles. The number of hydrogen-bond donors (Lipinski definition) is 0. The topological polar surface area (TPSA) is 0 Å². The molecular formula is C13H15F3. The molecular weight excluding hydrogens is 213 g/mol. The molecule has 2 rings (SSSR count). The Labute approximate surface area is 93.5 Å². The van der Waals surface area contributed by atoms with E-state index in [0.29, 0.717) is 23.5 Å². The van der Waals surface area contributed by atoms with Crippen LogP contribution in [-0.2, 0) is 19.0 Å². The van der Waals surface area contributed by atoms with E-state index in [0.717, 1.165) is 18.4 Å². The molecule has 0 heterocycles. The monoisotopic (exact) mass is 228 g/mol. The molecule has 0 nitrogen and oxygen atoms in total. The number of alkyl halides is 3. The van der Waals surface area contributed by atoms with E-state index in [1.165, 1.54) is 0 Å². The Morgan fingerprint density at radius 3 is 2.56 bits per heavy atom. The van der Waals surface area contributed by atoms with Crippen molar-refractivity contribution in [3.05, 3.63) is 34.4 Å². The van der Waals surface area contributed by atoms with Gasteiger partial charge in [0.1, 0.15) is 0 Å². The third-order valence-corrected chi connectivity index (χ3v) is 3.36. The van der Waals surface area contributed by atoms with Crippen LogP contribution in [0.5, 0.6) is 0 Å². The Bertz CT molecular complexity index is 404. The predicted molar refractivity (Wildman–Crippen MR) is 57.4 cm³/mol. The lowest BCUT2D eigenvalue weighted by Gasteiger charge is -2.26. The minimum Gasteiger partial charge on any atom is -0.166 e. The van der Waals surface area contributed by atoms with Gasteiger partial charge in [-0.3, -0.25) is 0 Å². The number of fused-ring (bicyclic) bond motifs is 1. The lowest BCUT2D eigenvalue weighted by atomic mass is 9.81. The third kappa shape index (κ3) is 1.95. The summed E-state index contributed by atoms with van der Waals surface area (Å²) in [5, 5.41) is 0. The minimum absolute atomic E-state index is 0.348. The van der Waals surface area contributed by atoms with Gasteiger partial charge in [0, 0.05) is 0 Å². The zero-order chi connectivity index (χ0) is 11.9. The molecule has 1 atom stereocenters. The normalized spacial score (nSPS) is 20.7. The first-order chi connectivity index (χ1) is 7.39. The maximum absolute atomic E-state index is 12.9. The van der Waals surface area contributed by atoms with Crippen molar-refractivity contribution < 1.29 is 13.2 Å². The average Bonchev–Trinajstić information content (AvgIpc) is 2.16. The summed E-state index contributed by atoms with van der Waals surface area (Å²) in [5.41, 5.74) is 1.37. The summed E-state index contributed by atoms with van der Waals surface area (Å²) in [7, 11) is 0. The van der Waals surface area contributed by atoms with E-state index >= 15 is 0 Å². The van der Waals surface area contributed by atoms with E-state index < -0.39 is 11.7 Å². The van der Waals surface area contributed by atoms with E-state index in [2.05, 4.69) is 6.92 Å². The van der Waals surface area contributed by atoms with Crippen molar-refractivity contribution in [1.29, 1.82) is 0 Å². The standard InChI is InChI=1S/C13H15F3/c1-8-3-6-11-10(7-8)5-4-9(2)12(11)13(14,15)16/h4-5,8H,3,6-7H2,1-2H3. The zero-order valence-electron chi connectivity index (χ0n) is 9.49. The highest BCUT2D eigenvalue weighted by Crippen LogP contribution is 2.39. The SMILES string of the molecule is Cc1ccc2c(c1C(F)(F)F)CCC(C)C2. The van der Waals surface area contributed by atoms with E-state index in [1.807, 2.05) is 6.07 Å². The zero-order valence-corrected chi connectivity index (χ0v) is 9.49. The number of halogens is 3. The average molecular weight is 228 g/mol. The smallest absolute Gasteiger partial charge is 0.166 e. The van der Waals surface area contributed by atoms with Crippen molar-refractivity contribution in [2.24, 2.45) is 5.92 Å². The summed E-state index contributed by atoms with van der Waals surface area (Å²) < 4.78 is 38.8. The van der Waals surface area contributed by atoms with Crippen molar-refractivity contribution in [3.8, 4) is 0 Å². The van der Waals surface area contributed by atoms with Crippen LogP contribution in [0.4, 0.5) is 13.2 Å². The van der Waals surface area contributed by atoms with Gasteiger partial charge in [-0.05, 0) is 48.8 Å². The van der Waals surface area contributed by atoms with Crippen LogP contribution in [0.3, 0.4) is 0 Å². The van der Waals surface area contributed by atoms with Crippen LogP contribution >= 0.6 is 0 Å². The highest BCUT2D eigenvalue weighted by molar-refractivity contribution is 5.43. The summed E-state index contributed by atoms with van der Waals surface area (Å²) in [6.45, 7) is 3.64. The summed E-state index contributed by atoms with van der Waals surface area (Å²) >= 11 is 0. The van der Waals surface area contributed by atoms with Crippen molar-refractivity contribution >= 4 is 0 Å². The van der Waals surface area contributed by atoms with Crippen molar-refractivity contribution in [3.63, 3.8) is 0 Å². The molecule has 0 spiro atoms. The summed E-state index contributed by atoms with van der Waals surface area (Å²) in [5.74, 6) is 0.497. The molecule has 0 fully saturated rings. The first-order valence-corrected chi connectivity index (χ1v) is 5.58. The lowest BCUT2D eigenvalue weighted by molar-refractivity contribution is -0.138. The molecule has 0 aromatic heterocycles. The third-order valence-electron chi connectivity index (χ3n) is 3.36. The van der Waals surface area contributed by atoms with Crippen LogP contribution in [0.2, 0.25) is 0 Å². The molecule has 0 saturated carbocycles. The van der Waals surface area contributed by atoms with Crippen LogP contribution in [0, 0.1) is 12.8 Å². The number of hydrogen-bond acceptors (Lipinski definition) is 0. The van der Waals surface area contributed by atoms with Crippen LogP contribution in [0.1, 0.15) is 35.6 Å². The number of benzene rings is 1. The van der Waals surface area contributed by atoms with Gasteiger partial charge in [-0.25, -0.2) is 0 Å². The van der Waals surface area contributed by atoms with E-state index in [-0.39, 0.29) is 0 Å². The summed E-state index contributed by atoms with van der Waals surface area (Å²) in [6, 6.07) is 3.45. The minimum atomic E-state index is -4.21. The van der Waals surface area contributed by atoms with E-state index in [4.69, 9.17) is 0 Å². The fraction of sp³-hybridized carbons (Fsp3) is 0.538. The van der Waals surface area contributed by atoms with Gasteiger partial charge in [0.05, 0.1) is 5.56 Å².